The van der Waals surface area contributed by atoms with Crippen molar-refractivity contribution in [3.05, 3.63) is 0 Å². The van der Waals surface area contributed by atoms with Crippen molar-refractivity contribution in [2.75, 3.05) is 26.2 Å². The van der Waals surface area contributed by atoms with E-state index in [-0.39, 0.29) is 0 Å². The summed E-state index contributed by atoms with van der Waals surface area (Å²) < 4.78 is 1.28. The van der Waals surface area contributed by atoms with Gasteiger partial charge in [-0.2, -0.15) is 0 Å². The minimum atomic E-state index is -5.42. The molecule has 0 fully saturated rings. The Hall–Kier alpha value is 2.44. The normalized spacial score (nSPS) is 16.9. The number of hydrogen-bond donors (Lipinski definition) is 0. The van der Waals surface area contributed by atoms with E-state index in [1.807, 2.05) is 0 Å². The minimum absolute atomic E-state index is 1.28. The Balaban J connectivity index is 0. The van der Waals surface area contributed by atoms with E-state index in [9.17, 15) is 0 Å². The predicted molar refractivity (Wildman–Crippen MR) is 77.5 cm³/mol. The SMILES string of the molecule is CC[N+](CC)(CC)CC.[Cl][Nb-]([Cl])([Cl])([Cl])([Cl])[Cl]. The fourth-order valence-electron chi connectivity index (χ4n) is 1.34. The van der Waals surface area contributed by atoms with E-state index < -0.39 is 8.02 Å². The first kappa shape index (κ1) is 20.8. The summed E-state index contributed by atoms with van der Waals surface area (Å²) in [6.07, 6.45) is 0. The molecule has 16 heavy (non-hydrogen) atoms. The Morgan fingerprint density at radius 1 is 0.625 bits per heavy atom. The van der Waals surface area contributed by atoms with E-state index in [1.54, 1.807) is 0 Å². The first-order chi connectivity index (χ1) is 6.69. The maximum absolute atomic E-state index is 5.42. The molecule has 104 valence electrons. The molecular weight excluding hydrogens is 416 g/mol. The molecule has 0 saturated heterocycles. The molecule has 0 rings (SSSR count). The summed E-state index contributed by atoms with van der Waals surface area (Å²) in [5, 5.41) is 0. The van der Waals surface area contributed by atoms with Crippen LogP contribution in [-0.4, -0.2) is 30.7 Å². The molecular formula is C8H20Cl6NNb. The second-order valence-electron chi connectivity index (χ2n) is 3.56. The Labute approximate surface area is 120 Å². The second kappa shape index (κ2) is 6.26. The number of quaternary nitrogens is 1. The van der Waals surface area contributed by atoms with Crippen LogP contribution in [0, 0.1) is 0 Å². The fourth-order valence-corrected chi connectivity index (χ4v) is 1.34. The van der Waals surface area contributed by atoms with Crippen molar-refractivity contribution in [2.45, 2.75) is 27.7 Å². The average Bonchev–Trinajstić information content (AvgIpc) is 2.04. The van der Waals surface area contributed by atoms with Crippen LogP contribution in [0.25, 0.3) is 0 Å². The van der Waals surface area contributed by atoms with Gasteiger partial charge in [0, 0.05) is 0 Å². The summed E-state index contributed by atoms with van der Waals surface area (Å²) in [4.78, 5) is 0. The van der Waals surface area contributed by atoms with E-state index in [4.69, 9.17) is 55.1 Å². The van der Waals surface area contributed by atoms with E-state index in [0.717, 1.165) is 0 Å². The van der Waals surface area contributed by atoms with Gasteiger partial charge >= 0.3 is 63.2 Å². The molecule has 0 bridgehead atoms. The summed E-state index contributed by atoms with van der Waals surface area (Å²) in [7, 11) is 25.0. The zero-order chi connectivity index (χ0) is 13.7. The zero-order valence-corrected chi connectivity index (χ0v) is 16.7. The summed E-state index contributed by atoms with van der Waals surface area (Å²) >= 11 is 0. The van der Waals surface area contributed by atoms with Gasteiger partial charge in [0.05, 0.1) is 26.2 Å². The molecule has 0 radical (unpaired) electrons. The average molecular weight is 436 g/mol. The molecule has 0 aromatic carbocycles. The van der Waals surface area contributed by atoms with Gasteiger partial charge in [-0.3, -0.25) is 0 Å². The molecule has 1 nitrogen and oxygen atoms in total. The quantitative estimate of drug-likeness (QED) is 0.374. The van der Waals surface area contributed by atoms with Crippen molar-refractivity contribution >= 4 is 55.1 Å². The van der Waals surface area contributed by atoms with Gasteiger partial charge in [0.2, 0.25) is 0 Å². The Morgan fingerprint density at radius 2 is 0.750 bits per heavy atom. The Morgan fingerprint density at radius 3 is 0.750 bits per heavy atom. The fraction of sp³-hybridized carbons (Fsp3) is 1.00. The molecule has 0 atom stereocenters. The van der Waals surface area contributed by atoms with Crippen LogP contribution in [0.4, 0.5) is 0 Å². The van der Waals surface area contributed by atoms with Gasteiger partial charge in [-0.05, 0) is 27.7 Å². The molecule has 0 unspecified atom stereocenters. The summed E-state index contributed by atoms with van der Waals surface area (Å²) in [6.45, 7) is 14.2. The van der Waals surface area contributed by atoms with E-state index in [1.165, 1.54) is 30.7 Å². The summed E-state index contributed by atoms with van der Waals surface area (Å²) in [5.41, 5.74) is 0. The molecule has 0 aliphatic carbocycles. The standard InChI is InChI=1S/C8H20N.6ClH.Nb/c1-5-9(6-2,7-3)8-4;;;;;;;/h5-8H2,1-4H3;6*1H;/q+1;;;;;;;+5/p-6. The van der Waals surface area contributed by atoms with Crippen LogP contribution in [-0.2, 0) is 8.02 Å². The van der Waals surface area contributed by atoms with Gasteiger partial charge in [-0.15, -0.1) is 0 Å². The molecule has 0 aliphatic rings. The summed E-state index contributed by atoms with van der Waals surface area (Å²) in [6, 6.07) is 0. The van der Waals surface area contributed by atoms with Gasteiger partial charge < -0.3 is 4.48 Å². The molecule has 0 aromatic heterocycles. The molecule has 0 saturated carbocycles. The van der Waals surface area contributed by atoms with Gasteiger partial charge in [-0.25, -0.2) is 0 Å². The van der Waals surface area contributed by atoms with Crippen molar-refractivity contribution in [1.82, 2.24) is 0 Å². The number of hydrogen-bond acceptors (Lipinski definition) is 0. The second-order valence-corrected chi connectivity index (χ2v) is 53.6. The molecule has 0 heterocycles. The van der Waals surface area contributed by atoms with Crippen molar-refractivity contribution in [3.8, 4) is 0 Å². The molecule has 0 N–H and O–H groups in total. The van der Waals surface area contributed by atoms with E-state index >= 15 is 0 Å². The topological polar surface area (TPSA) is 0 Å². The van der Waals surface area contributed by atoms with Crippen molar-refractivity contribution < 1.29 is 12.5 Å². The molecule has 0 aliphatic heterocycles. The van der Waals surface area contributed by atoms with Crippen molar-refractivity contribution in [2.24, 2.45) is 0 Å². The van der Waals surface area contributed by atoms with Crippen LogP contribution in [0.15, 0.2) is 0 Å². The van der Waals surface area contributed by atoms with E-state index in [2.05, 4.69) is 27.7 Å². The Kier molecular flexibility index (Phi) is 8.12. The van der Waals surface area contributed by atoms with Gasteiger partial charge in [0.25, 0.3) is 0 Å². The van der Waals surface area contributed by atoms with Crippen LogP contribution in [0.3, 0.4) is 0 Å². The third-order valence-corrected chi connectivity index (χ3v) is 2.68. The van der Waals surface area contributed by atoms with Crippen LogP contribution in [0.5, 0.6) is 0 Å². The predicted octanol–water partition coefficient (Wildman–Crippen LogP) is 6.02. The first-order valence-electron chi connectivity index (χ1n) is 5.11. The van der Waals surface area contributed by atoms with Gasteiger partial charge in [0.15, 0.2) is 0 Å². The zero-order valence-electron chi connectivity index (χ0n) is 9.99. The van der Waals surface area contributed by atoms with Crippen molar-refractivity contribution in [3.63, 3.8) is 0 Å². The Bertz CT molecular complexity index is 175. The molecule has 0 amide bonds. The van der Waals surface area contributed by atoms with Crippen molar-refractivity contribution in [1.29, 1.82) is 0 Å². The van der Waals surface area contributed by atoms with Crippen LogP contribution in [0.1, 0.15) is 27.7 Å². The molecule has 0 spiro atoms. The summed E-state index contributed by atoms with van der Waals surface area (Å²) in [5.74, 6) is 0. The third kappa shape index (κ3) is 18.8. The monoisotopic (exact) mass is 433 g/mol. The maximum atomic E-state index is 5.06. The van der Waals surface area contributed by atoms with Crippen LogP contribution >= 0.6 is 55.1 Å². The third-order valence-electron chi connectivity index (χ3n) is 2.68. The molecule has 8 heteroatoms. The van der Waals surface area contributed by atoms with E-state index in [0.29, 0.717) is 0 Å². The first-order valence-corrected chi connectivity index (χ1v) is 22.1. The van der Waals surface area contributed by atoms with Crippen LogP contribution < -0.4 is 0 Å². The van der Waals surface area contributed by atoms with Crippen LogP contribution in [0.2, 0.25) is 0 Å². The van der Waals surface area contributed by atoms with Gasteiger partial charge in [-0.1, -0.05) is 0 Å². The van der Waals surface area contributed by atoms with Gasteiger partial charge in [0.1, 0.15) is 0 Å². The molecule has 0 aromatic rings. The number of rotatable bonds is 4. The number of nitrogens with zero attached hydrogens (tertiary/aromatic N) is 1. The number of halogens is 6.